The fraction of sp³-hybridized carbons (Fsp3) is 0.273. The van der Waals surface area contributed by atoms with Crippen molar-refractivity contribution in [1.29, 1.82) is 0 Å². The average Bonchev–Trinajstić information content (AvgIpc) is 2.68. The molecule has 1 heterocycles. The molecule has 0 saturated carbocycles. The molecule has 1 unspecified atom stereocenters. The standard InChI is InChI=1S/C22H20F4N2O/c1-2-11-21(22(24,25)26,13-15-7-4-3-5-8-15)28-20(29)17-12-16-9-6-10-18(23)19(16)27-14-17/h3-10,12,14H,2,11,13H2,1H3,(H,28,29). The summed E-state index contributed by atoms with van der Waals surface area (Å²) in [5.41, 5.74) is -1.95. The van der Waals surface area contributed by atoms with E-state index in [0.717, 1.165) is 6.20 Å². The predicted molar refractivity (Wildman–Crippen MR) is 103 cm³/mol. The van der Waals surface area contributed by atoms with Crippen LogP contribution in [0.25, 0.3) is 10.9 Å². The summed E-state index contributed by atoms with van der Waals surface area (Å²) in [7, 11) is 0. The van der Waals surface area contributed by atoms with Gasteiger partial charge in [-0.15, -0.1) is 0 Å². The number of rotatable bonds is 6. The van der Waals surface area contributed by atoms with E-state index in [2.05, 4.69) is 10.3 Å². The van der Waals surface area contributed by atoms with Gasteiger partial charge in [0, 0.05) is 18.0 Å². The first-order chi connectivity index (χ1) is 13.8. The number of nitrogens with zero attached hydrogens (tertiary/aromatic N) is 1. The van der Waals surface area contributed by atoms with Crippen molar-refractivity contribution in [1.82, 2.24) is 10.3 Å². The van der Waals surface area contributed by atoms with Crippen LogP contribution in [0.15, 0.2) is 60.8 Å². The summed E-state index contributed by atoms with van der Waals surface area (Å²) < 4.78 is 56.2. The minimum atomic E-state index is -4.66. The van der Waals surface area contributed by atoms with Gasteiger partial charge in [-0.2, -0.15) is 13.2 Å². The molecule has 3 aromatic rings. The van der Waals surface area contributed by atoms with Crippen LogP contribution in [0.4, 0.5) is 17.6 Å². The molecule has 1 aromatic heterocycles. The SMILES string of the molecule is CCCC(Cc1ccccc1)(NC(=O)c1cnc2c(F)cccc2c1)C(F)(F)F. The summed E-state index contributed by atoms with van der Waals surface area (Å²) in [6.45, 7) is 1.64. The molecule has 0 aliphatic heterocycles. The highest BCUT2D eigenvalue weighted by atomic mass is 19.4. The molecule has 2 aromatic carbocycles. The van der Waals surface area contributed by atoms with Crippen molar-refractivity contribution >= 4 is 16.8 Å². The summed E-state index contributed by atoms with van der Waals surface area (Å²) in [5, 5.41) is 2.56. The molecule has 1 atom stereocenters. The minimum Gasteiger partial charge on any atom is -0.338 e. The fourth-order valence-corrected chi connectivity index (χ4v) is 3.42. The molecule has 0 aliphatic carbocycles. The summed E-state index contributed by atoms with van der Waals surface area (Å²) in [6.07, 6.45) is -3.99. The maximum atomic E-state index is 14.1. The lowest BCUT2D eigenvalue weighted by Crippen LogP contribution is -2.60. The third kappa shape index (κ3) is 4.39. The van der Waals surface area contributed by atoms with E-state index in [9.17, 15) is 22.4 Å². The van der Waals surface area contributed by atoms with E-state index in [4.69, 9.17) is 0 Å². The van der Waals surface area contributed by atoms with Gasteiger partial charge in [0.25, 0.3) is 5.91 Å². The number of amides is 1. The molecule has 0 radical (unpaired) electrons. The van der Waals surface area contributed by atoms with Crippen LogP contribution in [0.1, 0.15) is 35.7 Å². The van der Waals surface area contributed by atoms with Crippen molar-refractivity contribution < 1.29 is 22.4 Å². The lowest BCUT2D eigenvalue weighted by molar-refractivity contribution is -0.195. The number of hydrogen-bond acceptors (Lipinski definition) is 2. The van der Waals surface area contributed by atoms with Crippen LogP contribution in [-0.4, -0.2) is 22.6 Å². The van der Waals surface area contributed by atoms with Gasteiger partial charge in [-0.1, -0.05) is 55.8 Å². The van der Waals surface area contributed by atoms with Crippen LogP contribution in [0.2, 0.25) is 0 Å². The lowest BCUT2D eigenvalue weighted by Gasteiger charge is -2.37. The first kappa shape index (κ1) is 20.8. The molecule has 152 valence electrons. The molecule has 0 bridgehead atoms. The first-order valence-electron chi connectivity index (χ1n) is 9.23. The molecule has 7 heteroatoms. The normalized spacial score (nSPS) is 13.8. The molecule has 3 nitrogen and oxygen atoms in total. The van der Waals surface area contributed by atoms with E-state index in [1.807, 2.05) is 0 Å². The number of alkyl halides is 3. The molecular weight excluding hydrogens is 384 g/mol. The number of nitrogens with one attached hydrogen (secondary N) is 1. The highest BCUT2D eigenvalue weighted by Gasteiger charge is 2.55. The fourth-order valence-electron chi connectivity index (χ4n) is 3.42. The lowest BCUT2D eigenvalue weighted by atomic mass is 9.85. The molecule has 0 fully saturated rings. The molecule has 3 rings (SSSR count). The zero-order valence-electron chi connectivity index (χ0n) is 15.8. The molecule has 1 N–H and O–H groups in total. The molecule has 0 aliphatic rings. The maximum absolute atomic E-state index is 14.1. The second-order valence-electron chi connectivity index (χ2n) is 6.98. The number of carbonyl (C=O) groups is 1. The van der Waals surface area contributed by atoms with Crippen molar-refractivity contribution in [3.05, 3.63) is 77.7 Å². The van der Waals surface area contributed by atoms with Crippen molar-refractivity contribution in [3.8, 4) is 0 Å². The number of benzene rings is 2. The van der Waals surface area contributed by atoms with Crippen molar-refractivity contribution in [3.63, 3.8) is 0 Å². The number of fused-ring (bicyclic) bond motifs is 1. The van der Waals surface area contributed by atoms with Gasteiger partial charge in [-0.05, 0) is 24.1 Å². The van der Waals surface area contributed by atoms with Crippen molar-refractivity contribution in [2.45, 2.75) is 37.9 Å². The van der Waals surface area contributed by atoms with Crippen molar-refractivity contribution in [2.75, 3.05) is 0 Å². The Bertz CT molecular complexity index is 1000. The van der Waals surface area contributed by atoms with Gasteiger partial charge in [0.05, 0.1) is 5.56 Å². The van der Waals surface area contributed by atoms with E-state index in [0.29, 0.717) is 10.9 Å². The van der Waals surface area contributed by atoms with Crippen molar-refractivity contribution in [2.24, 2.45) is 0 Å². The molecule has 0 saturated heterocycles. The number of hydrogen-bond donors (Lipinski definition) is 1. The van der Waals surface area contributed by atoms with Crippen LogP contribution in [0.5, 0.6) is 0 Å². The summed E-state index contributed by atoms with van der Waals surface area (Å²) >= 11 is 0. The zero-order chi connectivity index (χ0) is 21.1. The third-order valence-corrected chi connectivity index (χ3v) is 4.84. The van der Waals surface area contributed by atoms with E-state index < -0.39 is 23.4 Å². The van der Waals surface area contributed by atoms with Crippen LogP contribution in [-0.2, 0) is 6.42 Å². The molecular formula is C22H20F4N2O. The monoisotopic (exact) mass is 404 g/mol. The molecule has 0 spiro atoms. The maximum Gasteiger partial charge on any atom is 0.411 e. The topological polar surface area (TPSA) is 42.0 Å². The highest BCUT2D eigenvalue weighted by Crippen LogP contribution is 2.37. The Balaban J connectivity index is 1.97. The largest absolute Gasteiger partial charge is 0.411 e. The third-order valence-electron chi connectivity index (χ3n) is 4.84. The zero-order valence-corrected chi connectivity index (χ0v) is 15.8. The summed E-state index contributed by atoms with van der Waals surface area (Å²) in [5.74, 6) is -1.46. The Morgan fingerprint density at radius 2 is 1.79 bits per heavy atom. The Morgan fingerprint density at radius 1 is 1.07 bits per heavy atom. The second kappa shape index (κ2) is 8.19. The number of carbonyl (C=O) groups excluding carboxylic acids is 1. The Labute approximate surface area is 165 Å². The second-order valence-corrected chi connectivity index (χ2v) is 6.98. The van der Waals surface area contributed by atoms with Crippen LogP contribution >= 0.6 is 0 Å². The van der Waals surface area contributed by atoms with E-state index in [1.54, 1.807) is 43.3 Å². The van der Waals surface area contributed by atoms with Gasteiger partial charge in [0.15, 0.2) is 0 Å². The average molecular weight is 404 g/mol. The van der Waals surface area contributed by atoms with Gasteiger partial charge in [0.1, 0.15) is 16.9 Å². The summed E-state index contributed by atoms with van der Waals surface area (Å²) in [6, 6.07) is 13.8. The molecule has 29 heavy (non-hydrogen) atoms. The van der Waals surface area contributed by atoms with Gasteiger partial charge in [-0.25, -0.2) is 4.39 Å². The number of halogens is 4. The van der Waals surface area contributed by atoms with Crippen LogP contribution in [0, 0.1) is 5.82 Å². The van der Waals surface area contributed by atoms with Gasteiger partial charge >= 0.3 is 6.18 Å². The quantitative estimate of drug-likeness (QED) is 0.556. The molecule has 1 amide bonds. The highest BCUT2D eigenvalue weighted by molar-refractivity contribution is 5.97. The van der Waals surface area contributed by atoms with E-state index >= 15 is 0 Å². The van der Waals surface area contributed by atoms with Gasteiger partial charge in [-0.3, -0.25) is 9.78 Å². The minimum absolute atomic E-state index is 0.0547. The van der Waals surface area contributed by atoms with Gasteiger partial charge in [0.2, 0.25) is 0 Å². The first-order valence-corrected chi connectivity index (χ1v) is 9.23. The Morgan fingerprint density at radius 3 is 2.45 bits per heavy atom. The van der Waals surface area contributed by atoms with E-state index in [-0.39, 0.29) is 30.3 Å². The van der Waals surface area contributed by atoms with Crippen LogP contribution < -0.4 is 5.32 Å². The van der Waals surface area contributed by atoms with Gasteiger partial charge < -0.3 is 5.32 Å². The van der Waals surface area contributed by atoms with Crippen LogP contribution in [0.3, 0.4) is 0 Å². The Hall–Kier alpha value is -2.96. The number of aromatic nitrogens is 1. The number of para-hydroxylation sites is 1. The smallest absolute Gasteiger partial charge is 0.338 e. The predicted octanol–water partition coefficient (Wildman–Crippen LogP) is 5.45. The summed E-state index contributed by atoms with van der Waals surface area (Å²) in [4.78, 5) is 16.7. The Kier molecular flexibility index (Phi) is 5.86. The number of pyridine rings is 1. The van der Waals surface area contributed by atoms with E-state index in [1.165, 1.54) is 18.2 Å².